The van der Waals surface area contributed by atoms with Gasteiger partial charge in [0.25, 0.3) is 0 Å². The number of para-hydroxylation sites is 4. The molecule has 0 fully saturated rings. The highest BCUT2D eigenvalue weighted by Gasteiger charge is 2.21. The largest absolute Gasteiger partial charge is 0.456 e. The van der Waals surface area contributed by atoms with Gasteiger partial charge in [0.15, 0.2) is 0 Å². The fourth-order valence-electron chi connectivity index (χ4n) is 15.6. The lowest BCUT2D eigenvalue weighted by molar-refractivity contribution is 0.668. The second kappa shape index (κ2) is 31.4. The average molecular weight is 1460 g/mol. The summed E-state index contributed by atoms with van der Waals surface area (Å²) < 4.78 is 12.4. The smallest absolute Gasteiger partial charge is 0.137 e. The van der Waals surface area contributed by atoms with Crippen molar-refractivity contribution >= 4 is 112 Å². The summed E-state index contributed by atoms with van der Waals surface area (Å²) in [6.07, 6.45) is 0. The maximum Gasteiger partial charge on any atom is 0.137 e. The van der Waals surface area contributed by atoms with Gasteiger partial charge < -0.3 is 28.4 Å². The summed E-state index contributed by atoms with van der Waals surface area (Å²) in [6.45, 7) is 0. The molecule has 0 saturated carbocycles. The van der Waals surface area contributed by atoms with Gasteiger partial charge in [0, 0.05) is 95.9 Å². The van der Waals surface area contributed by atoms with Crippen LogP contribution in [0.3, 0.4) is 0 Å². The third-order valence-corrected chi connectivity index (χ3v) is 21.4. The number of furan rings is 2. The van der Waals surface area contributed by atoms with Crippen LogP contribution < -0.4 is 19.6 Å². The fraction of sp³-hybridized carbons (Fsp3) is 0. The van der Waals surface area contributed by atoms with E-state index >= 15 is 0 Å². The van der Waals surface area contributed by atoms with Gasteiger partial charge in [0.05, 0.1) is 0 Å². The molecule has 18 aromatic carbocycles. The van der Waals surface area contributed by atoms with Gasteiger partial charge in [-0.1, -0.05) is 291 Å². The summed E-state index contributed by atoms with van der Waals surface area (Å²) in [5.74, 6) is 0. The lowest BCUT2D eigenvalue weighted by Gasteiger charge is -2.26. The lowest BCUT2D eigenvalue weighted by Crippen LogP contribution is -2.10. The number of nitrogens with zero attached hydrogens (tertiary/aromatic N) is 4. The van der Waals surface area contributed by atoms with Crippen molar-refractivity contribution in [3.8, 4) is 66.8 Å². The average Bonchev–Trinajstić information content (AvgIpc) is 1.61. The first-order chi connectivity index (χ1) is 56.5. The number of rotatable bonds is 18. The van der Waals surface area contributed by atoms with Crippen LogP contribution in [-0.4, -0.2) is 0 Å². The summed E-state index contributed by atoms with van der Waals surface area (Å²) in [5.41, 5.74) is 30.8. The molecule has 0 aliphatic heterocycles. The SMILES string of the molecule is c1ccc(-c2ccc(N(c3ccc(-c4ccccc4)cc3)c3ccc(-c4ccc(N(c5ccccc5)c5ccc6c(c5)oc5ccccc56)cc4)cc3)cc2)cc1.c1ccc(-c2ccc(N(c3ccc(-c4ccccc4)cc3)c3ccc(-c4ccc(N(c5ccccc5)c5ccc6oc7ccccc7c6c5)cc4)cc3)cc2)cc1. The molecule has 0 N–H and O–H groups in total. The first kappa shape index (κ1) is 69.2. The molecule has 0 aliphatic rings. The van der Waals surface area contributed by atoms with Crippen molar-refractivity contribution < 1.29 is 8.83 Å². The Bertz CT molecular complexity index is 6450. The molecule has 0 bridgehead atoms. The number of fused-ring (bicyclic) bond motifs is 6. The molecule has 114 heavy (non-hydrogen) atoms. The van der Waals surface area contributed by atoms with Gasteiger partial charge in [-0.05, 0) is 231 Å². The second-order valence-corrected chi connectivity index (χ2v) is 28.4. The number of hydrogen-bond acceptors (Lipinski definition) is 6. The van der Waals surface area contributed by atoms with Crippen LogP contribution in [-0.2, 0) is 0 Å². The Morgan fingerprint density at radius 3 is 0.596 bits per heavy atom. The minimum Gasteiger partial charge on any atom is -0.456 e. The molecule has 0 spiro atoms. The summed E-state index contributed by atoms with van der Waals surface area (Å²) in [4.78, 5) is 9.24. The van der Waals surface area contributed by atoms with Crippen LogP contribution in [0.15, 0.2) is 470 Å². The van der Waals surface area contributed by atoms with Gasteiger partial charge in [0.2, 0.25) is 0 Å². The van der Waals surface area contributed by atoms with E-state index in [9.17, 15) is 0 Å². The fourth-order valence-corrected chi connectivity index (χ4v) is 15.6. The molecule has 6 nitrogen and oxygen atoms in total. The molecule has 0 saturated heterocycles. The number of anilines is 12. The highest BCUT2D eigenvalue weighted by Crippen LogP contribution is 2.45. The summed E-state index contributed by atoms with van der Waals surface area (Å²) >= 11 is 0. The molecular formula is C108H76N4O2. The second-order valence-electron chi connectivity index (χ2n) is 28.4. The van der Waals surface area contributed by atoms with Crippen molar-refractivity contribution in [1.29, 1.82) is 0 Å². The highest BCUT2D eigenvalue weighted by atomic mass is 16.3. The third kappa shape index (κ3) is 14.3. The number of benzene rings is 18. The predicted octanol–water partition coefficient (Wildman–Crippen LogP) is 31.1. The Morgan fingerprint density at radius 1 is 0.114 bits per heavy atom. The summed E-state index contributed by atoms with van der Waals surface area (Å²) in [7, 11) is 0. The van der Waals surface area contributed by atoms with E-state index in [2.05, 4.69) is 456 Å². The topological polar surface area (TPSA) is 39.2 Å². The lowest BCUT2D eigenvalue weighted by atomic mass is 10.0. The third-order valence-electron chi connectivity index (χ3n) is 21.4. The maximum absolute atomic E-state index is 6.29. The van der Waals surface area contributed by atoms with E-state index in [1.165, 1.54) is 44.5 Å². The molecule has 0 atom stereocenters. The van der Waals surface area contributed by atoms with Gasteiger partial charge in [-0.2, -0.15) is 0 Å². The van der Waals surface area contributed by atoms with Gasteiger partial charge in [-0.15, -0.1) is 0 Å². The van der Waals surface area contributed by atoms with E-state index in [0.717, 1.165) is 134 Å². The quantitative estimate of drug-likeness (QED) is 0.0853. The van der Waals surface area contributed by atoms with Gasteiger partial charge in [-0.25, -0.2) is 0 Å². The Kier molecular flexibility index (Phi) is 19.1. The van der Waals surface area contributed by atoms with E-state index in [1.807, 2.05) is 24.3 Å². The predicted molar refractivity (Wildman–Crippen MR) is 479 cm³/mol. The van der Waals surface area contributed by atoms with Gasteiger partial charge in [-0.3, -0.25) is 0 Å². The van der Waals surface area contributed by atoms with E-state index in [1.54, 1.807) is 0 Å². The Balaban J connectivity index is 0.000000153. The van der Waals surface area contributed by atoms with Crippen molar-refractivity contribution in [2.24, 2.45) is 0 Å². The summed E-state index contributed by atoms with van der Waals surface area (Å²) in [6, 6.07) is 163. The summed E-state index contributed by atoms with van der Waals surface area (Å²) in [5, 5.41) is 4.47. The van der Waals surface area contributed by atoms with E-state index < -0.39 is 0 Å². The first-order valence-corrected chi connectivity index (χ1v) is 38.7. The first-order valence-electron chi connectivity index (χ1n) is 38.7. The molecule has 540 valence electrons. The minimum absolute atomic E-state index is 0.875. The van der Waals surface area contributed by atoms with Crippen LogP contribution in [0.2, 0.25) is 0 Å². The molecule has 2 aromatic heterocycles. The van der Waals surface area contributed by atoms with Crippen LogP contribution in [0.25, 0.3) is 111 Å². The maximum atomic E-state index is 6.29. The Hall–Kier alpha value is -15.2. The van der Waals surface area contributed by atoms with E-state index in [4.69, 9.17) is 8.83 Å². The van der Waals surface area contributed by atoms with Crippen LogP contribution in [0.5, 0.6) is 0 Å². The van der Waals surface area contributed by atoms with Crippen LogP contribution in [0, 0.1) is 0 Å². The van der Waals surface area contributed by atoms with Crippen LogP contribution in [0.4, 0.5) is 68.2 Å². The molecule has 6 heteroatoms. The minimum atomic E-state index is 0.875. The number of hydrogen-bond donors (Lipinski definition) is 0. The van der Waals surface area contributed by atoms with E-state index in [0.29, 0.717) is 0 Å². The standard InChI is InChI=1S/2C54H38N2O/c1-4-12-39(13-5-1)41-20-28-46(29-21-41)55(47-30-22-42(23-31-47)40-14-6-2-7-15-40)48-32-24-43(25-33-48)44-26-34-49(35-27-44)56(45-16-8-3-9-17-45)50-36-37-54-52(38-50)51-18-10-11-19-53(51)57-54;1-4-12-39(13-5-1)41-20-28-46(29-21-41)55(47-30-22-42(23-31-47)40-14-6-2-7-15-40)48-32-24-43(25-33-48)44-26-34-49(35-27-44)56(45-16-8-3-9-17-45)50-36-37-52-51-18-10-11-19-53(51)57-54(52)38-50/h2*1-38H. The van der Waals surface area contributed by atoms with Gasteiger partial charge in [0.1, 0.15) is 22.3 Å². The van der Waals surface area contributed by atoms with Crippen molar-refractivity contribution in [2.75, 3.05) is 19.6 Å². The molecule has 0 radical (unpaired) electrons. The van der Waals surface area contributed by atoms with Crippen LogP contribution >= 0.6 is 0 Å². The zero-order valence-corrected chi connectivity index (χ0v) is 62.5. The van der Waals surface area contributed by atoms with Gasteiger partial charge >= 0.3 is 0 Å². The Morgan fingerprint density at radius 2 is 0.298 bits per heavy atom. The molecule has 20 aromatic rings. The molecule has 2 heterocycles. The molecular weight excluding hydrogens is 1390 g/mol. The van der Waals surface area contributed by atoms with Crippen molar-refractivity contribution in [2.45, 2.75) is 0 Å². The molecule has 0 amide bonds. The van der Waals surface area contributed by atoms with Crippen LogP contribution in [0.1, 0.15) is 0 Å². The monoisotopic (exact) mass is 1460 g/mol. The Labute approximate surface area is 664 Å². The highest BCUT2D eigenvalue weighted by molar-refractivity contribution is 6.08. The van der Waals surface area contributed by atoms with E-state index in [-0.39, 0.29) is 0 Å². The molecule has 0 unspecified atom stereocenters. The van der Waals surface area contributed by atoms with Crippen molar-refractivity contribution in [1.82, 2.24) is 0 Å². The molecule has 0 aliphatic carbocycles. The zero-order valence-electron chi connectivity index (χ0n) is 62.5. The normalized spacial score (nSPS) is 11.2. The molecule has 20 rings (SSSR count). The van der Waals surface area contributed by atoms with Crippen molar-refractivity contribution in [3.05, 3.63) is 461 Å². The van der Waals surface area contributed by atoms with Crippen molar-refractivity contribution in [3.63, 3.8) is 0 Å². The zero-order chi connectivity index (χ0) is 75.9.